The molecule has 0 amide bonds. The van der Waals surface area contributed by atoms with E-state index in [1.54, 1.807) is 0 Å². The SMILES string of the molecule is CC1(C)c2ccccc2-c2c1sc1c2ccc2c3c4ccccc4ccc3n(-c3ccc(-c4cc5oc6c(c7ccccc7n6-c6ccccc6)c5c5c4c4ccccc4n5-c4ccc5ccccc5c4)cc3)c21. The second-order valence-electron chi connectivity index (χ2n) is 20.8. The molecule has 0 saturated carbocycles. The van der Waals surface area contributed by atoms with E-state index in [2.05, 4.69) is 252 Å². The Kier molecular flexibility index (Phi) is 7.93. The van der Waals surface area contributed by atoms with Crippen LogP contribution in [0.25, 0.3) is 148 Å². The second kappa shape index (κ2) is 14.5. The van der Waals surface area contributed by atoms with Gasteiger partial charge in [0.1, 0.15) is 5.58 Å². The first-order chi connectivity index (χ1) is 36.5. The number of furan rings is 1. The van der Waals surface area contributed by atoms with Crippen LogP contribution in [0.3, 0.4) is 0 Å². The van der Waals surface area contributed by atoms with Crippen LogP contribution < -0.4 is 0 Å². The quantitative estimate of drug-likeness (QED) is 0.173. The molecule has 1 aliphatic rings. The molecule has 0 saturated heterocycles. The van der Waals surface area contributed by atoms with Gasteiger partial charge in [-0.2, -0.15) is 0 Å². The largest absolute Gasteiger partial charge is 0.439 e. The normalized spacial score (nSPS) is 13.4. The molecule has 0 aliphatic heterocycles. The van der Waals surface area contributed by atoms with Crippen molar-refractivity contribution < 1.29 is 4.42 Å². The van der Waals surface area contributed by atoms with E-state index in [0.29, 0.717) is 0 Å². The van der Waals surface area contributed by atoms with Crippen LogP contribution in [-0.4, -0.2) is 13.7 Å². The van der Waals surface area contributed by atoms with Gasteiger partial charge in [-0.3, -0.25) is 4.57 Å². The Hall–Kier alpha value is -9.16. The average Bonchev–Trinajstić information content (AvgIpc) is 4.30. The molecular formula is C69H43N3OS. The van der Waals surface area contributed by atoms with Crippen molar-refractivity contribution in [2.75, 3.05) is 0 Å². The summed E-state index contributed by atoms with van der Waals surface area (Å²) >= 11 is 1.98. The monoisotopic (exact) mass is 961 g/mol. The van der Waals surface area contributed by atoms with Gasteiger partial charge in [0.05, 0.1) is 43.1 Å². The van der Waals surface area contributed by atoms with Gasteiger partial charge in [0.25, 0.3) is 0 Å². The van der Waals surface area contributed by atoms with Gasteiger partial charge in [-0.05, 0) is 104 Å². The first-order valence-electron chi connectivity index (χ1n) is 25.6. The minimum absolute atomic E-state index is 0.0889. The summed E-state index contributed by atoms with van der Waals surface area (Å²) in [6.45, 7) is 4.79. The van der Waals surface area contributed by atoms with Crippen LogP contribution in [0.5, 0.6) is 0 Å². The van der Waals surface area contributed by atoms with E-state index in [1.807, 2.05) is 11.3 Å². The Morgan fingerprint density at radius 1 is 0.392 bits per heavy atom. The molecule has 5 heterocycles. The zero-order chi connectivity index (χ0) is 48.6. The molecule has 17 rings (SSSR count). The van der Waals surface area contributed by atoms with Gasteiger partial charge in [0.2, 0.25) is 5.71 Å². The van der Waals surface area contributed by atoms with Crippen molar-refractivity contribution in [3.63, 3.8) is 0 Å². The van der Waals surface area contributed by atoms with Crippen LogP contribution in [0, 0.1) is 0 Å². The molecule has 0 fully saturated rings. The number of hydrogen-bond acceptors (Lipinski definition) is 2. The maximum atomic E-state index is 7.31. The highest BCUT2D eigenvalue weighted by Crippen LogP contribution is 2.57. The first kappa shape index (κ1) is 40.4. The molecule has 346 valence electrons. The lowest BCUT2D eigenvalue weighted by Crippen LogP contribution is -2.13. The molecule has 1 aliphatic carbocycles. The lowest BCUT2D eigenvalue weighted by molar-refractivity contribution is 0.646. The number of thiophene rings is 1. The minimum Gasteiger partial charge on any atom is -0.439 e. The highest BCUT2D eigenvalue weighted by atomic mass is 32.1. The van der Waals surface area contributed by atoms with Gasteiger partial charge >= 0.3 is 0 Å². The highest BCUT2D eigenvalue weighted by molar-refractivity contribution is 7.21. The third-order valence-electron chi connectivity index (χ3n) is 16.5. The second-order valence-corrected chi connectivity index (χ2v) is 21.8. The van der Waals surface area contributed by atoms with Crippen molar-refractivity contribution in [1.82, 2.24) is 13.7 Å². The van der Waals surface area contributed by atoms with Gasteiger partial charge in [-0.25, -0.2) is 0 Å². The van der Waals surface area contributed by atoms with Gasteiger partial charge in [-0.15, -0.1) is 11.3 Å². The standard InChI is InChI=1S/C69H43N3OS/c1-69(2)54-25-13-10-22-48(54)61-52-36-35-51-59-47-21-9-8-17-41(47)31-37-57(59)70(64(51)66(52)74-67(61)69)45-32-29-42(30-33-45)53-39-58-63(62-50-24-12-15-27-56(50)72(68(62)73-58)44-19-4-3-5-20-44)65-60(53)49-23-11-14-26-55(49)71(65)46-34-28-40-16-6-7-18-43(40)38-46/h3-39H,1-2H3. The maximum absolute atomic E-state index is 7.31. The summed E-state index contributed by atoms with van der Waals surface area (Å²) in [6.07, 6.45) is 0. The molecular weight excluding hydrogens is 919 g/mol. The van der Waals surface area contributed by atoms with Gasteiger partial charge in [-0.1, -0.05) is 178 Å². The first-order valence-corrected chi connectivity index (χ1v) is 26.4. The van der Waals surface area contributed by atoms with Crippen molar-refractivity contribution >= 4 is 120 Å². The summed E-state index contributed by atoms with van der Waals surface area (Å²) < 4.78 is 16.0. The van der Waals surface area contributed by atoms with Crippen LogP contribution >= 0.6 is 11.3 Å². The number of benzene rings is 11. The van der Waals surface area contributed by atoms with Crippen LogP contribution in [0.15, 0.2) is 229 Å². The van der Waals surface area contributed by atoms with Gasteiger partial charge in [0.15, 0.2) is 0 Å². The summed E-state index contributed by atoms with van der Waals surface area (Å²) in [7, 11) is 0. The topological polar surface area (TPSA) is 27.9 Å². The summed E-state index contributed by atoms with van der Waals surface area (Å²) in [6, 6.07) is 82.8. The Labute approximate surface area is 428 Å². The van der Waals surface area contributed by atoms with E-state index >= 15 is 0 Å². The minimum atomic E-state index is -0.0889. The molecule has 0 unspecified atom stereocenters. The molecule has 74 heavy (non-hydrogen) atoms. The van der Waals surface area contributed by atoms with E-state index in [9.17, 15) is 0 Å². The van der Waals surface area contributed by atoms with Gasteiger partial charge < -0.3 is 13.6 Å². The summed E-state index contributed by atoms with van der Waals surface area (Å²) in [5, 5.41) is 14.6. The fraction of sp³-hybridized carbons (Fsp3) is 0.0435. The summed E-state index contributed by atoms with van der Waals surface area (Å²) in [5.41, 5.74) is 17.2. The van der Waals surface area contributed by atoms with Crippen molar-refractivity contribution in [3.05, 3.63) is 235 Å². The summed E-state index contributed by atoms with van der Waals surface area (Å²) in [5.74, 6) is 0. The van der Waals surface area contributed by atoms with Crippen LogP contribution in [-0.2, 0) is 5.41 Å². The van der Waals surface area contributed by atoms with Gasteiger partial charge in [0, 0.05) is 65.2 Å². The number of nitrogens with zero attached hydrogens (tertiary/aromatic N) is 3. The average molecular weight is 962 g/mol. The van der Waals surface area contributed by atoms with Crippen molar-refractivity contribution in [1.29, 1.82) is 0 Å². The number of rotatable bonds is 4. The fourth-order valence-electron chi connectivity index (χ4n) is 13.3. The molecule has 16 aromatic rings. The smallest absolute Gasteiger partial charge is 0.213 e. The third-order valence-corrected chi connectivity index (χ3v) is 18.1. The molecule has 0 N–H and O–H groups in total. The fourth-order valence-corrected chi connectivity index (χ4v) is 14.8. The predicted molar refractivity (Wildman–Crippen MR) is 313 cm³/mol. The highest BCUT2D eigenvalue weighted by Gasteiger charge is 2.39. The number of aromatic nitrogens is 3. The molecule has 4 nitrogen and oxygen atoms in total. The number of hydrogen-bond donors (Lipinski definition) is 0. The summed E-state index contributed by atoms with van der Waals surface area (Å²) in [4.78, 5) is 1.44. The number of para-hydroxylation sites is 3. The molecule has 5 heteroatoms. The molecule has 0 bridgehead atoms. The zero-order valence-corrected chi connectivity index (χ0v) is 41.3. The molecule has 0 atom stereocenters. The Morgan fingerprint density at radius 2 is 1.01 bits per heavy atom. The Morgan fingerprint density at radius 3 is 1.84 bits per heavy atom. The van der Waals surface area contributed by atoms with E-state index in [1.165, 1.54) is 85.8 Å². The van der Waals surface area contributed by atoms with Crippen molar-refractivity contribution in [3.8, 4) is 39.3 Å². The lowest BCUT2D eigenvalue weighted by atomic mass is 9.87. The Balaban J connectivity index is 0.959. The van der Waals surface area contributed by atoms with Crippen LogP contribution in [0.1, 0.15) is 24.3 Å². The molecule has 5 aromatic heterocycles. The van der Waals surface area contributed by atoms with E-state index in [4.69, 9.17) is 4.42 Å². The van der Waals surface area contributed by atoms with Crippen LogP contribution in [0.4, 0.5) is 0 Å². The maximum Gasteiger partial charge on any atom is 0.213 e. The van der Waals surface area contributed by atoms with Crippen molar-refractivity contribution in [2.24, 2.45) is 0 Å². The van der Waals surface area contributed by atoms with E-state index in [-0.39, 0.29) is 5.41 Å². The Bertz CT molecular complexity index is 5100. The zero-order valence-electron chi connectivity index (χ0n) is 40.5. The van der Waals surface area contributed by atoms with Crippen molar-refractivity contribution in [2.45, 2.75) is 19.3 Å². The molecule has 0 spiro atoms. The van der Waals surface area contributed by atoms with E-state index < -0.39 is 0 Å². The van der Waals surface area contributed by atoms with Crippen LogP contribution in [0.2, 0.25) is 0 Å². The number of fused-ring (bicyclic) bond motifs is 21. The molecule has 11 aromatic carbocycles. The lowest BCUT2D eigenvalue weighted by Gasteiger charge is -2.19. The third kappa shape index (κ3) is 5.21. The van der Waals surface area contributed by atoms with E-state index in [0.717, 1.165) is 72.2 Å². The predicted octanol–water partition coefficient (Wildman–Crippen LogP) is 19.2. The molecule has 0 radical (unpaired) electrons.